The molecule has 1 aromatic heterocycles. The largest absolute Gasteiger partial charge is 0.397 e. The van der Waals surface area contributed by atoms with E-state index in [1.165, 1.54) is 0 Å². The zero-order valence-electron chi connectivity index (χ0n) is 9.87. The van der Waals surface area contributed by atoms with Crippen LogP contribution in [0.2, 0.25) is 0 Å². The van der Waals surface area contributed by atoms with E-state index in [2.05, 4.69) is 10.3 Å². The molecule has 0 unspecified atom stereocenters. The average molecular weight is 222 g/mol. The molecule has 1 rings (SSSR count). The van der Waals surface area contributed by atoms with Gasteiger partial charge in [-0.3, -0.25) is 4.79 Å². The summed E-state index contributed by atoms with van der Waals surface area (Å²) in [6, 6.07) is 1.83. The predicted molar refractivity (Wildman–Crippen MR) is 64.9 cm³/mol. The molecule has 5 N–H and O–H groups in total. The second-order valence-electron chi connectivity index (χ2n) is 4.54. The number of rotatable bonds is 4. The molecule has 0 spiro atoms. The van der Waals surface area contributed by atoms with Crippen LogP contribution in [0.15, 0.2) is 12.3 Å². The summed E-state index contributed by atoms with van der Waals surface area (Å²) in [5.41, 5.74) is 11.8. The molecular formula is C11H18N4O. The summed E-state index contributed by atoms with van der Waals surface area (Å²) in [4.78, 5) is 15.3. The van der Waals surface area contributed by atoms with Crippen LogP contribution in [-0.2, 0) is 4.79 Å². The minimum atomic E-state index is -0.602. The van der Waals surface area contributed by atoms with Crippen LogP contribution in [0.25, 0.3) is 0 Å². The van der Waals surface area contributed by atoms with Crippen LogP contribution in [0.5, 0.6) is 0 Å². The first-order chi connectivity index (χ1) is 7.33. The van der Waals surface area contributed by atoms with Crippen LogP contribution in [-0.4, -0.2) is 17.4 Å². The zero-order chi connectivity index (χ0) is 12.3. The molecule has 0 saturated carbocycles. The van der Waals surface area contributed by atoms with Crippen molar-refractivity contribution in [2.24, 2.45) is 11.1 Å². The lowest BCUT2D eigenvalue weighted by atomic mass is 9.93. The van der Waals surface area contributed by atoms with Gasteiger partial charge >= 0.3 is 0 Å². The second-order valence-corrected chi connectivity index (χ2v) is 4.54. The lowest BCUT2D eigenvalue weighted by molar-refractivity contribution is -0.125. The van der Waals surface area contributed by atoms with Crippen LogP contribution >= 0.6 is 0 Å². The Morgan fingerprint density at radius 3 is 2.69 bits per heavy atom. The van der Waals surface area contributed by atoms with E-state index >= 15 is 0 Å². The van der Waals surface area contributed by atoms with Crippen molar-refractivity contribution in [3.8, 4) is 0 Å². The van der Waals surface area contributed by atoms with Crippen LogP contribution in [0.1, 0.15) is 19.4 Å². The molecule has 1 amide bonds. The molecule has 1 heterocycles. The SMILES string of the molecule is Cc1cc(N)cnc1NCC(C)(C)C(N)=O. The number of nitrogens with zero attached hydrogens (tertiary/aromatic N) is 1. The highest BCUT2D eigenvalue weighted by molar-refractivity contribution is 5.80. The van der Waals surface area contributed by atoms with E-state index in [0.717, 1.165) is 11.4 Å². The summed E-state index contributed by atoms with van der Waals surface area (Å²) in [6.45, 7) is 5.92. The third kappa shape index (κ3) is 2.85. The fourth-order valence-electron chi connectivity index (χ4n) is 1.17. The van der Waals surface area contributed by atoms with Gasteiger partial charge in [0.05, 0.1) is 17.3 Å². The van der Waals surface area contributed by atoms with E-state index in [-0.39, 0.29) is 5.91 Å². The Bertz CT molecular complexity index is 401. The number of nitrogens with two attached hydrogens (primary N) is 2. The normalized spacial score (nSPS) is 11.2. The first-order valence-corrected chi connectivity index (χ1v) is 5.09. The van der Waals surface area contributed by atoms with E-state index < -0.39 is 5.41 Å². The van der Waals surface area contributed by atoms with Gasteiger partial charge in [-0.15, -0.1) is 0 Å². The van der Waals surface area contributed by atoms with Crippen LogP contribution in [0.3, 0.4) is 0 Å². The fraction of sp³-hybridized carbons (Fsp3) is 0.455. The molecule has 0 saturated heterocycles. The molecule has 0 aromatic carbocycles. The molecule has 0 aliphatic heterocycles. The number of pyridine rings is 1. The van der Waals surface area contributed by atoms with Crippen molar-refractivity contribution in [1.82, 2.24) is 4.98 Å². The standard InChI is InChI=1S/C11H18N4O/c1-7-4-8(12)5-14-9(7)15-6-11(2,3)10(13)16/h4-5H,6,12H2,1-3H3,(H2,13,16)(H,14,15). The molecule has 0 aliphatic carbocycles. The summed E-state index contributed by atoms with van der Waals surface area (Å²) in [5, 5.41) is 3.09. The van der Waals surface area contributed by atoms with Crippen molar-refractivity contribution in [2.45, 2.75) is 20.8 Å². The zero-order valence-corrected chi connectivity index (χ0v) is 9.87. The van der Waals surface area contributed by atoms with Crippen LogP contribution in [0.4, 0.5) is 11.5 Å². The number of nitrogen functional groups attached to an aromatic ring is 1. The number of aromatic nitrogens is 1. The Kier molecular flexibility index (Phi) is 3.37. The Hall–Kier alpha value is -1.78. The number of hydrogen-bond acceptors (Lipinski definition) is 4. The molecule has 5 nitrogen and oxygen atoms in total. The minimum absolute atomic E-state index is 0.340. The molecule has 0 fully saturated rings. The maximum atomic E-state index is 11.1. The number of anilines is 2. The summed E-state index contributed by atoms with van der Waals surface area (Å²) < 4.78 is 0. The topological polar surface area (TPSA) is 94.0 Å². The molecule has 1 aromatic rings. The number of primary amides is 1. The van der Waals surface area contributed by atoms with Crippen molar-refractivity contribution >= 4 is 17.4 Å². The molecule has 0 atom stereocenters. The fourth-order valence-corrected chi connectivity index (χ4v) is 1.17. The Morgan fingerprint density at radius 1 is 1.56 bits per heavy atom. The average Bonchev–Trinajstić information content (AvgIpc) is 2.16. The molecule has 0 radical (unpaired) electrons. The summed E-state index contributed by atoms with van der Waals surface area (Å²) in [6.07, 6.45) is 1.58. The van der Waals surface area contributed by atoms with Gasteiger partial charge in [-0.1, -0.05) is 0 Å². The van der Waals surface area contributed by atoms with Gasteiger partial charge in [0.25, 0.3) is 0 Å². The van der Waals surface area contributed by atoms with Crippen molar-refractivity contribution < 1.29 is 4.79 Å². The minimum Gasteiger partial charge on any atom is -0.397 e. The van der Waals surface area contributed by atoms with Gasteiger partial charge < -0.3 is 16.8 Å². The van der Waals surface area contributed by atoms with Gasteiger partial charge in [0.2, 0.25) is 5.91 Å². The summed E-state index contributed by atoms with van der Waals surface area (Å²) in [5.74, 6) is 0.386. The summed E-state index contributed by atoms with van der Waals surface area (Å²) in [7, 11) is 0. The maximum absolute atomic E-state index is 11.1. The van der Waals surface area contributed by atoms with Gasteiger partial charge in [0, 0.05) is 6.54 Å². The van der Waals surface area contributed by atoms with E-state index in [9.17, 15) is 4.79 Å². The van der Waals surface area contributed by atoms with Gasteiger partial charge in [-0.05, 0) is 32.4 Å². The Labute approximate surface area is 95.2 Å². The number of amides is 1. The number of nitrogens with one attached hydrogen (secondary N) is 1. The number of hydrogen-bond donors (Lipinski definition) is 3. The van der Waals surface area contributed by atoms with Gasteiger partial charge in [-0.25, -0.2) is 4.98 Å². The van der Waals surface area contributed by atoms with Crippen LogP contribution in [0, 0.1) is 12.3 Å². The number of carbonyl (C=O) groups excluding carboxylic acids is 1. The van der Waals surface area contributed by atoms with Gasteiger partial charge in [-0.2, -0.15) is 0 Å². The van der Waals surface area contributed by atoms with Crippen molar-refractivity contribution in [1.29, 1.82) is 0 Å². The molecule has 0 bridgehead atoms. The van der Waals surface area contributed by atoms with E-state index in [4.69, 9.17) is 11.5 Å². The highest BCUT2D eigenvalue weighted by atomic mass is 16.1. The molecule has 5 heteroatoms. The third-order valence-corrected chi connectivity index (χ3v) is 2.46. The smallest absolute Gasteiger partial charge is 0.224 e. The first kappa shape index (κ1) is 12.3. The highest BCUT2D eigenvalue weighted by Gasteiger charge is 2.24. The molecule has 0 aliphatic rings. The Balaban J connectivity index is 2.72. The molecule has 88 valence electrons. The van der Waals surface area contributed by atoms with E-state index in [1.807, 2.05) is 13.0 Å². The quantitative estimate of drug-likeness (QED) is 0.705. The van der Waals surface area contributed by atoms with Crippen molar-refractivity contribution in [3.05, 3.63) is 17.8 Å². The van der Waals surface area contributed by atoms with Crippen LogP contribution < -0.4 is 16.8 Å². The first-order valence-electron chi connectivity index (χ1n) is 5.09. The predicted octanol–water partition coefficient (Wildman–Crippen LogP) is 0.896. The monoisotopic (exact) mass is 222 g/mol. The number of carbonyl (C=O) groups is 1. The molecular weight excluding hydrogens is 204 g/mol. The van der Waals surface area contributed by atoms with Crippen molar-refractivity contribution in [3.63, 3.8) is 0 Å². The third-order valence-electron chi connectivity index (χ3n) is 2.46. The van der Waals surface area contributed by atoms with E-state index in [0.29, 0.717) is 12.2 Å². The maximum Gasteiger partial charge on any atom is 0.224 e. The second kappa shape index (κ2) is 4.38. The summed E-state index contributed by atoms with van der Waals surface area (Å²) >= 11 is 0. The Morgan fingerprint density at radius 2 is 2.19 bits per heavy atom. The van der Waals surface area contributed by atoms with Gasteiger partial charge in [0.15, 0.2) is 0 Å². The number of aryl methyl sites for hydroxylation is 1. The van der Waals surface area contributed by atoms with Gasteiger partial charge in [0.1, 0.15) is 5.82 Å². The lowest BCUT2D eigenvalue weighted by Crippen LogP contribution is -2.37. The van der Waals surface area contributed by atoms with Crippen molar-refractivity contribution in [2.75, 3.05) is 17.6 Å². The molecule has 16 heavy (non-hydrogen) atoms. The van der Waals surface area contributed by atoms with E-state index in [1.54, 1.807) is 20.0 Å². The highest BCUT2D eigenvalue weighted by Crippen LogP contribution is 2.18. The lowest BCUT2D eigenvalue weighted by Gasteiger charge is -2.21.